The molecule has 3 amide bonds. The summed E-state index contributed by atoms with van der Waals surface area (Å²) in [7, 11) is 0. The SMILES string of the molecule is CC(O)C(NC(=O)C1CCCN1)C(=O)NC(CCCN=C(N)N)C(=O)NCC(=O)O. The summed E-state index contributed by atoms with van der Waals surface area (Å²) < 4.78 is 0. The monoisotopic (exact) mass is 429 g/mol. The van der Waals surface area contributed by atoms with E-state index in [1.807, 2.05) is 0 Å². The van der Waals surface area contributed by atoms with E-state index in [4.69, 9.17) is 16.6 Å². The summed E-state index contributed by atoms with van der Waals surface area (Å²) in [4.78, 5) is 51.7. The van der Waals surface area contributed by atoms with E-state index in [0.29, 0.717) is 19.4 Å². The normalized spacial score (nSPS) is 18.5. The Kier molecular flexibility index (Phi) is 10.5. The van der Waals surface area contributed by atoms with E-state index in [0.717, 1.165) is 6.42 Å². The average Bonchev–Trinajstić information content (AvgIpc) is 3.20. The Balaban J connectivity index is 2.78. The smallest absolute Gasteiger partial charge is 0.322 e. The van der Waals surface area contributed by atoms with Gasteiger partial charge in [-0.25, -0.2) is 0 Å². The Labute approximate surface area is 174 Å². The molecule has 13 heteroatoms. The molecule has 0 bridgehead atoms. The van der Waals surface area contributed by atoms with Crippen LogP contribution in [0.1, 0.15) is 32.6 Å². The highest BCUT2D eigenvalue weighted by Crippen LogP contribution is 2.07. The molecule has 4 atom stereocenters. The van der Waals surface area contributed by atoms with Crippen molar-refractivity contribution >= 4 is 29.7 Å². The number of carbonyl (C=O) groups is 4. The number of nitrogens with zero attached hydrogens (tertiary/aromatic N) is 1. The number of carboxylic acid groups (broad SMARTS) is 1. The van der Waals surface area contributed by atoms with Crippen molar-refractivity contribution in [2.45, 2.75) is 56.8 Å². The lowest BCUT2D eigenvalue weighted by atomic mass is 10.1. The van der Waals surface area contributed by atoms with Gasteiger partial charge < -0.3 is 42.9 Å². The predicted molar refractivity (Wildman–Crippen MR) is 107 cm³/mol. The van der Waals surface area contributed by atoms with E-state index < -0.39 is 54.5 Å². The Morgan fingerprint density at radius 2 is 1.90 bits per heavy atom. The zero-order valence-electron chi connectivity index (χ0n) is 16.9. The lowest BCUT2D eigenvalue weighted by molar-refractivity contribution is -0.139. The number of carboxylic acids is 1. The van der Waals surface area contributed by atoms with E-state index in [1.54, 1.807) is 0 Å². The van der Waals surface area contributed by atoms with Crippen LogP contribution in [0.3, 0.4) is 0 Å². The maximum Gasteiger partial charge on any atom is 0.322 e. The summed E-state index contributed by atoms with van der Waals surface area (Å²) in [5.41, 5.74) is 10.5. The highest BCUT2D eigenvalue weighted by Gasteiger charge is 2.32. The van der Waals surface area contributed by atoms with Gasteiger partial charge in [0.25, 0.3) is 0 Å². The Hall–Kier alpha value is -2.93. The summed E-state index contributed by atoms with van der Waals surface area (Å²) in [6.07, 6.45) is 0.648. The second-order valence-electron chi connectivity index (χ2n) is 7.00. The molecule has 170 valence electrons. The summed E-state index contributed by atoms with van der Waals surface area (Å²) >= 11 is 0. The third-order valence-electron chi connectivity index (χ3n) is 4.43. The van der Waals surface area contributed by atoms with Crippen molar-refractivity contribution < 1.29 is 29.4 Å². The van der Waals surface area contributed by atoms with Crippen LogP contribution in [0, 0.1) is 0 Å². The molecule has 1 rings (SSSR count). The molecule has 0 aromatic carbocycles. The van der Waals surface area contributed by atoms with Crippen LogP contribution in [-0.4, -0.2) is 83.7 Å². The first kappa shape index (κ1) is 25.1. The van der Waals surface area contributed by atoms with Gasteiger partial charge in [-0.15, -0.1) is 0 Å². The second-order valence-corrected chi connectivity index (χ2v) is 7.00. The van der Waals surface area contributed by atoms with Crippen LogP contribution >= 0.6 is 0 Å². The minimum Gasteiger partial charge on any atom is -0.480 e. The topological polar surface area (TPSA) is 221 Å². The van der Waals surface area contributed by atoms with Crippen LogP contribution in [0.5, 0.6) is 0 Å². The third-order valence-corrected chi connectivity index (χ3v) is 4.43. The molecule has 0 aliphatic carbocycles. The van der Waals surface area contributed by atoms with Gasteiger partial charge >= 0.3 is 5.97 Å². The molecule has 0 saturated carbocycles. The number of aliphatic carboxylic acids is 1. The average molecular weight is 429 g/mol. The first-order valence-electron chi connectivity index (χ1n) is 9.69. The van der Waals surface area contributed by atoms with Crippen LogP contribution in [-0.2, 0) is 19.2 Å². The summed E-state index contributed by atoms with van der Waals surface area (Å²) in [5, 5.41) is 28.8. The van der Waals surface area contributed by atoms with E-state index in [9.17, 15) is 24.3 Å². The van der Waals surface area contributed by atoms with Crippen LogP contribution in [0.25, 0.3) is 0 Å². The molecule has 4 unspecified atom stereocenters. The molecule has 1 heterocycles. The Bertz CT molecular complexity index is 645. The first-order chi connectivity index (χ1) is 14.1. The molecule has 1 aliphatic heterocycles. The maximum absolute atomic E-state index is 12.7. The zero-order valence-corrected chi connectivity index (χ0v) is 16.9. The number of hydrogen-bond acceptors (Lipinski definition) is 7. The molecule has 0 radical (unpaired) electrons. The largest absolute Gasteiger partial charge is 0.480 e. The molecule has 10 N–H and O–H groups in total. The minimum absolute atomic E-state index is 0.110. The number of aliphatic hydroxyl groups excluding tert-OH is 1. The highest BCUT2D eigenvalue weighted by atomic mass is 16.4. The molecule has 30 heavy (non-hydrogen) atoms. The van der Waals surface area contributed by atoms with Crippen LogP contribution < -0.4 is 32.7 Å². The number of nitrogens with two attached hydrogens (primary N) is 2. The molecule has 1 saturated heterocycles. The quantitative estimate of drug-likeness (QED) is 0.0868. The van der Waals surface area contributed by atoms with Crippen molar-refractivity contribution in [3.63, 3.8) is 0 Å². The fourth-order valence-corrected chi connectivity index (χ4v) is 2.89. The molecule has 1 aliphatic rings. The lowest BCUT2D eigenvalue weighted by Crippen LogP contribution is -2.59. The molecule has 0 spiro atoms. The van der Waals surface area contributed by atoms with Gasteiger partial charge in [0.1, 0.15) is 18.6 Å². The van der Waals surface area contributed by atoms with Gasteiger partial charge in [0.05, 0.1) is 12.1 Å². The van der Waals surface area contributed by atoms with Crippen molar-refractivity contribution in [3.8, 4) is 0 Å². The lowest BCUT2D eigenvalue weighted by Gasteiger charge is -2.25. The number of carbonyl (C=O) groups excluding carboxylic acids is 3. The first-order valence-corrected chi connectivity index (χ1v) is 9.69. The number of guanidine groups is 1. The fraction of sp³-hybridized carbons (Fsp3) is 0.706. The highest BCUT2D eigenvalue weighted by molar-refractivity contribution is 5.94. The third kappa shape index (κ3) is 9.05. The van der Waals surface area contributed by atoms with Gasteiger partial charge in [0.2, 0.25) is 17.7 Å². The van der Waals surface area contributed by atoms with Gasteiger partial charge in [0, 0.05) is 6.54 Å². The van der Waals surface area contributed by atoms with Crippen LogP contribution in [0.4, 0.5) is 0 Å². The minimum atomic E-state index is -1.28. The van der Waals surface area contributed by atoms with Crippen molar-refractivity contribution in [1.29, 1.82) is 0 Å². The summed E-state index contributed by atoms with van der Waals surface area (Å²) in [6.45, 7) is 1.60. The Morgan fingerprint density at radius 3 is 2.43 bits per heavy atom. The van der Waals surface area contributed by atoms with E-state index >= 15 is 0 Å². The summed E-state index contributed by atoms with van der Waals surface area (Å²) in [5.74, 6) is -3.28. The van der Waals surface area contributed by atoms with Crippen molar-refractivity contribution in [3.05, 3.63) is 0 Å². The van der Waals surface area contributed by atoms with Gasteiger partial charge in [-0.2, -0.15) is 0 Å². The van der Waals surface area contributed by atoms with Gasteiger partial charge in [-0.3, -0.25) is 24.2 Å². The van der Waals surface area contributed by atoms with Gasteiger partial charge in [-0.1, -0.05) is 0 Å². The molecular formula is C17H31N7O6. The summed E-state index contributed by atoms with van der Waals surface area (Å²) in [6, 6.07) is -2.84. The second kappa shape index (κ2) is 12.6. The van der Waals surface area contributed by atoms with E-state index in [1.165, 1.54) is 6.92 Å². The number of rotatable bonds is 12. The van der Waals surface area contributed by atoms with E-state index in [2.05, 4.69) is 26.3 Å². The fourth-order valence-electron chi connectivity index (χ4n) is 2.89. The number of nitrogens with one attached hydrogen (secondary N) is 4. The van der Waals surface area contributed by atoms with Crippen molar-refractivity contribution in [2.75, 3.05) is 19.6 Å². The molecule has 0 aromatic heterocycles. The van der Waals surface area contributed by atoms with Crippen molar-refractivity contribution in [2.24, 2.45) is 16.5 Å². The number of amides is 3. The van der Waals surface area contributed by atoms with E-state index in [-0.39, 0.29) is 18.9 Å². The molecule has 0 aromatic rings. The predicted octanol–water partition coefficient (Wildman–Crippen LogP) is -3.66. The number of aliphatic hydroxyl groups is 1. The number of hydrogen-bond donors (Lipinski definition) is 8. The maximum atomic E-state index is 12.7. The zero-order chi connectivity index (χ0) is 22.7. The van der Waals surface area contributed by atoms with Crippen LogP contribution in [0.2, 0.25) is 0 Å². The molecule has 1 fully saturated rings. The Morgan fingerprint density at radius 1 is 1.20 bits per heavy atom. The molecule has 13 nitrogen and oxygen atoms in total. The standard InChI is InChI=1S/C17H31N7O6/c1-9(25)13(24-15(29)10-4-2-6-20-10)16(30)23-11(5-3-7-21-17(18)19)14(28)22-8-12(26)27/h9-11,13,20,25H,2-8H2,1H3,(H,22,28)(H,23,30)(H,24,29)(H,26,27)(H4,18,19,21). The number of aliphatic imine (C=N–C) groups is 1. The van der Waals surface area contributed by atoms with Crippen molar-refractivity contribution in [1.82, 2.24) is 21.3 Å². The van der Waals surface area contributed by atoms with Gasteiger partial charge in [0.15, 0.2) is 5.96 Å². The molecular weight excluding hydrogens is 398 g/mol. The van der Waals surface area contributed by atoms with Gasteiger partial charge in [-0.05, 0) is 39.2 Å². The van der Waals surface area contributed by atoms with Crippen LogP contribution in [0.15, 0.2) is 4.99 Å².